The van der Waals surface area contributed by atoms with E-state index in [2.05, 4.69) is 45.4 Å². The van der Waals surface area contributed by atoms with E-state index in [-0.39, 0.29) is 6.03 Å². The van der Waals surface area contributed by atoms with Crippen LogP contribution in [0.25, 0.3) is 0 Å². The van der Waals surface area contributed by atoms with E-state index in [1.807, 2.05) is 18.7 Å². The number of methoxy groups -OCH3 is 1. The van der Waals surface area contributed by atoms with E-state index in [4.69, 9.17) is 4.74 Å². The molecule has 0 aliphatic carbocycles. The highest BCUT2D eigenvalue weighted by Crippen LogP contribution is 2.29. The predicted molar refractivity (Wildman–Crippen MR) is 114 cm³/mol. The molecule has 0 atom stereocenters. The number of hydrogen-bond acceptors (Lipinski definition) is 6. The number of carbonyl (C=O) groups is 1. The lowest BCUT2D eigenvalue weighted by Gasteiger charge is -2.38. The zero-order chi connectivity index (χ0) is 20.3. The molecule has 0 radical (unpaired) electrons. The van der Waals surface area contributed by atoms with E-state index < -0.39 is 0 Å². The molecule has 28 heavy (non-hydrogen) atoms. The Kier molecular flexibility index (Phi) is 6.28. The number of ether oxygens (including phenoxy) is 1. The number of thioether (sulfide) groups is 1. The Morgan fingerprint density at radius 1 is 1.11 bits per heavy atom. The number of anilines is 2. The Labute approximate surface area is 170 Å². The topological polar surface area (TPSA) is 61.8 Å². The average Bonchev–Trinajstić information content (AvgIpc) is 2.74. The van der Waals surface area contributed by atoms with E-state index in [1.54, 1.807) is 25.9 Å². The number of piperazine rings is 1. The minimum atomic E-state index is -0.0892. The van der Waals surface area contributed by atoms with Gasteiger partial charge in [-0.15, -0.1) is 11.8 Å². The molecular formula is C20H27N5O2S. The molecule has 7 nitrogen and oxygen atoms in total. The molecule has 2 heterocycles. The molecule has 0 N–H and O–H groups in total. The van der Waals surface area contributed by atoms with Crippen LogP contribution < -0.4 is 14.5 Å². The summed E-state index contributed by atoms with van der Waals surface area (Å²) in [5.41, 5.74) is 2.81. The van der Waals surface area contributed by atoms with Gasteiger partial charge in [0.05, 0.1) is 24.2 Å². The average molecular weight is 402 g/mol. The highest BCUT2D eigenvalue weighted by Gasteiger charge is 2.27. The lowest BCUT2D eigenvalue weighted by atomic mass is 10.2. The van der Waals surface area contributed by atoms with E-state index >= 15 is 0 Å². The predicted octanol–water partition coefficient (Wildman–Crippen LogP) is 3.20. The summed E-state index contributed by atoms with van der Waals surface area (Å²) in [6.07, 6.45) is 2.09. The number of hydrogen-bond donors (Lipinski definition) is 0. The van der Waals surface area contributed by atoms with Crippen molar-refractivity contribution in [3.05, 3.63) is 35.7 Å². The largest absolute Gasteiger partial charge is 0.478 e. The highest BCUT2D eigenvalue weighted by molar-refractivity contribution is 7.98. The fourth-order valence-corrected chi connectivity index (χ4v) is 3.88. The molecular weight excluding hydrogens is 374 g/mol. The maximum Gasteiger partial charge on any atom is 0.325 e. The van der Waals surface area contributed by atoms with Crippen LogP contribution in [0.15, 0.2) is 29.2 Å². The van der Waals surface area contributed by atoms with Gasteiger partial charge in [0.25, 0.3) is 5.88 Å². The zero-order valence-corrected chi connectivity index (χ0v) is 17.9. The molecule has 1 aromatic carbocycles. The van der Waals surface area contributed by atoms with Crippen LogP contribution in [0.2, 0.25) is 0 Å². The van der Waals surface area contributed by atoms with Crippen LogP contribution in [0.1, 0.15) is 11.4 Å². The van der Waals surface area contributed by atoms with Gasteiger partial charge in [-0.25, -0.2) is 14.8 Å². The first-order valence-electron chi connectivity index (χ1n) is 9.26. The quantitative estimate of drug-likeness (QED) is 0.733. The number of aromatic nitrogens is 2. The SMILES string of the molecule is COc1nc(C)c(C)nc1N(C)C(=O)N1CCN(c2ccccc2SC)CC1. The summed E-state index contributed by atoms with van der Waals surface area (Å²) in [7, 11) is 3.27. The first kappa shape index (κ1) is 20.3. The Morgan fingerprint density at radius 2 is 1.75 bits per heavy atom. The molecule has 1 aromatic heterocycles. The molecule has 1 saturated heterocycles. The van der Waals surface area contributed by atoms with Crippen molar-refractivity contribution in [3.8, 4) is 5.88 Å². The number of carbonyl (C=O) groups excluding carboxylic acids is 1. The summed E-state index contributed by atoms with van der Waals surface area (Å²) in [4.78, 5) is 28.9. The van der Waals surface area contributed by atoms with Gasteiger partial charge in [-0.05, 0) is 32.2 Å². The van der Waals surface area contributed by atoms with E-state index in [9.17, 15) is 4.79 Å². The third kappa shape index (κ3) is 4.01. The maximum atomic E-state index is 13.0. The number of aryl methyl sites for hydroxylation is 2. The normalized spacial score (nSPS) is 14.2. The molecule has 0 unspecified atom stereocenters. The number of urea groups is 1. The second kappa shape index (κ2) is 8.68. The molecule has 2 amide bonds. The van der Waals surface area contributed by atoms with E-state index in [0.29, 0.717) is 24.8 Å². The first-order valence-corrected chi connectivity index (χ1v) is 10.5. The summed E-state index contributed by atoms with van der Waals surface area (Å²) in [6, 6.07) is 8.31. The van der Waals surface area contributed by atoms with Crippen LogP contribution in [-0.4, -0.2) is 67.5 Å². The summed E-state index contributed by atoms with van der Waals surface area (Å²) in [5.74, 6) is 0.817. The van der Waals surface area contributed by atoms with Crippen LogP contribution in [0, 0.1) is 13.8 Å². The maximum absolute atomic E-state index is 13.0. The highest BCUT2D eigenvalue weighted by atomic mass is 32.2. The Bertz CT molecular complexity index is 852. The molecule has 0 saturated carbocycles. The Hall–Kier alpha value is -2.48. The molecule has 3 rings (SSSR count). The van der Waals surface area contributed by atoms with Gasteiger partial charge in [0.2, 0.25) is 0 Å². The van der Waals surface area contributed by atoms with Crippen molar-refractivity contribution in [1.29, 1.82) is 0 Å². The fraction of sp³-hybridized carbons (Fsp3) is 0.450. The molecule has 2 aromatic rings. The minimum Gasteiger partial charge on any atom is -0.478 e. The van der Waals surface area contributed by atoms with Gasteiger partial charge in [-0.1, -0.05) is 12.1 Å². The van der Waals surface area contributed by atoms with Gasteiger partial charge in [0.15, 0.2) is 5.82 Å². The molecule has 0 spiro atoms. The van der Waals surface area contributed by atoms with Gasteiger partial charge >= 0.3 is 6.03 Å². The molecule has 1 fully saturated rings. The van der Waals surface area contributed by atoms with E-state index in [0.717, 1.165) is 24.5 Å². The van der Waals surface area contributed by atoms with Gasteiger partial charge < -0.3 is 14.5 Å². The van der Waals surface area contributed by atoms with Crippen molar-refractivity contribution >= 4 is 29.3 Å². The molecule has 8 heteroatoms. The first-order chi connectivity index (χ1) is 13.5. The number of amides is 2. The van der Waals surface area contributed by atoms with E-state index in [1.165, 1.54) is 15.5 Å². The van der Waals surface area contributed by atoms with Gasteiger partial charge in [-0.2, -0.15) is 0 Å². The second-order valence-electron chi connectivity index (χ2n) is 6.71. The molecule has 150 valence electrons. The minimum absolute atomic E-state index is 0.0892. The summed E-state index contributed by atoms with van der Waals surface area (Å²) in [6.45, 7) is 6.67. The van der Waals surface area contributed by atoms with Crippen LogP contribution in [0.4, 0.5) is 16.3 Å². The summed E-state index contributed by atoms with van der Waals surface area (Å²) >= 11 is 1.75. The van der Waals surface area contributed by atoms with Crippen molar-refractivity contribution in [2.24, 2.45) is 0 Å². The van der Waals surface area contributed by atoms with Crippen LogP contribution >= 0.6 is 11.8 Å². The third-order valence-electron chi connectivity index (χ3n) is 5.03. The molecule has 1 aliphatic rings. The van der Waals surface area contributed by atoms with Crippen molar-refractivity contribution in [1.82, 2.24) is 14.9 Å². The van der Waals surface area contributed by atoms with Crippen molar-refractivity contribution in [2.75, 3.05) is 56.4 Å². The lowest BCUT2D eigenvalue weighted by molar-refractivity contribution is 0.202. The van der Waals surface area contributed by atoms with Crippen molar-refractivity contribution in [3.63, 3.8) is 0 Å². The van der Waals surface area contributed by atoms with Crippen molar-refractivity contribution in [2.45, 2.75) is 18.7 Å². The van der Waals surface area contributed by atoms with Crippen LogP contribution in [0.3, 0.4) is 0 Å². The fourth-order valence-electron chi connectivity index (χ4n) is 3.26. The standard InChI is InChI=1S/C20H27N5O2S/c1-14-15(2)22-19(27-4)18(21-14)23(3)20(26)25-12-10-24(11-13-25)16-8-6-7-9-17(16)28-5/h6-9H,10-13H2,1-5H3. The van der Waals surface area contributed by atoms with Gasteiger partial charge in [0.1, 0.15) is 0 Å². The Balaban J connectivity index is 1.71. The van der Waals surface area contributed by atoms with Crippen molar-refractivity contribution < 1.29 is 9.53 Å². The molecule has 1 aliphatic heterocycles. The zero-order valence-electron chi connectivity index (χ0n) is 17.1. The van der Waals surface area contributed by atoms with Gasteiger partial charge in [0, 0.05) is 38.1 Å². The monoisotopic (exact) mass is 401 g/mol. The Morgan fingerprint density at radius 3 is 2.39 bits per heavy atom. The number of rotatable bonds is 4. The second-order valence-corrected chi connectivity index (χ2v) is 7.56. The van der Waals surface area contributed by atoms with Gasteiger partial charge in [-0.3, -0.25) is 4.90 Å². The lowest BCUT2D eigenvalue weighted by Crippen LogP contribution is -2.52. The number of nitrogens with zero attached hydrogens (tertiary/aromatic N) is 5. The number of para-hydroxylation sites is 1. The van der Waals surface area contributed by atoms with Crippen LogP contribution in [0.5, 0.6) is 5.88 Å². The summed E-state index contributed by atoms with van der Waals surface area (Å²) in [5, 5.41) is 0. The third-order valence-corrected chi connectivity index (χ3v) is 5.82. The number of benzene rings is 1. The summed E-state index contributed by atoms with van der Waals surface area (Å²) < 4.78 is 5.34. The smallest absolute Gasteiger partial charge is 0.325 e. The van der Waals surface area contributed by atoms with Crippen LogP contribution in [-0.2, 0) is 0 Å². The molecule has 0 bridgehead atoms.